The number of hydrogen-bond acceptors (Lipinski definition) is 6. The Morgan fingerprint density at radius 1 is 1.22 bits per heavy atom. The second-order valence-corrected chi connectivity index (χ2v) is 8.81. The Morgan fingerprint density at radius 2 is 1.97 bits per heavy atom. The number of nitrogens with zero attached hydrogens (tertiary/aromatic N) is 1. The van der Waals surface area contributed by atoms with E-state index in [2.05, 4.69) is 5.32 Å². The van der Waals surface area contributed by atoms with Gasteiger partial charge in [-0.2, -0.15) is 0 Å². The minimum atomic E-state index is -0.351. The Labute approximate surface area is 195 Å². The number of methoxy groups -OCH3 is 1. The molecule has 1 saturated heterocycles. The number of ether oxygens (including phenoxy) is 1. The van der Waals surface area contributed by atoms with Gasteiger partial charge < -0.3 is 15.2 Å². The number of rotatable bonds is 9. The second-order valence-electron chi connectivity index (χ2n) is 7.13. The second kappa shape index (κ2) is 11.1. The number of thioether (sulfide) groups is 1. The lowest BCUT2D eigenvalue weighted by Gasteiger charge is -2.14. The van der Waals surface area contributed by atoms with Crippen molar-refractivity contribution in [3.63, 3.8) is 0 Å². The molecule has 2 aromatic carbocycles. The average Bonchev–Trinajstić information content (AvgIpc) is 3.03. The molecule has 0 unspecified atom stereocenters. The third-order valence-electron chi connectivity index (χ3n) is 4.79. The van der Waals surface area contributed by atoms with E-state index < -0.39 is 0 Å². The Bertz CT molecular complexity index is 1040. The third kappa shape index (κ3) is 6.30. The number of unbranched alkanes of at least 4 members (excludes halogenated alkanes) is 2. The number of nitrogens with one attached hydrogen (secondary N) is 1. The Hall–Kier alpha value is -2.91. The first-order valence-electron chi connectivity index (χ1n) is 10.0. The van der Waals surface area contributed by atoms with E-state index in [4.69, 9.17) is 17.0 Å². The molecule has 0 bridgehead atoms. The fraction of sp³-hybridized carbons (Fsp3) is 0.261. The highest BCUT2D eigenvalue weighted by Crippen LogP contribution is 2.34. The molecule has 0 saturated carbocycles. The molecule has 1 heterocycles. The number of carbonyl (C=O) groups is 2. The molecular weight excluding hydrogens is 451 g/mol. The van der Waals surface area contributed by atoms with Crippen molar-refractivity contribution in [1.29, 1.82) is 0 Å². The van der Waals surface area contributed by atoms with Gasteiger partial charge in [0.25, 0.3) is 5.91 Å². The summed E-state index contributed by atoms with van der Waals surface area (Å²) in [6, 6.07) is 10.5. The van der Waals surface area contributed by atoms with E-state index in [1.54, 1.807) is 23.1 Å². The van der Waals surface area contributed by atoms with Crippen molar-refractivity contribution in [3.05, 3.63) is 58.8 Å². The van der Waals surface area contributed by atoms with Crippen LogP contribution in [0.15, 0.2) is 47.4 Å². The van der Waals surface area contributed by atoms with Gasteiger partial charge >= 0.3 is 0 Å². The van der Waals surface area contributed by atoms with Crippen LogP contribution in [0.2, 0.25) is 0 Å². The monoisotopic (exact) mass is 474 g/mol. The number of phenolic OH excluding ortho intramolecular Hbond substituents is 1. The zero-order valence-electron chi connectivity index (χ0n) is 17.5. The minimum Gasteiger partial charge on any atom is -0.504 e. The zero-order valence-corrected chi connectivity index (χ0v) is 19.1. The lowest BCUT2D eigenvalue weighted by molar-refractivity contribution is -0.122. The quantitative estimate of drug-likeness (QED) is 0.305. The molecule has 0 spiro atoms. The summed E-state index contributed by atoms with van der Waals surface area (Å²) in [7, 11) is 1.46. The molecule has 32 heavy (non-hydrogen) atoms. The highest BCUT2D eigenvalue weighted by molar-refractivity contribution is 8.26. The Kier molecular flexibility index (Phi) is 8.24. The van der Waals surface area contributed by atoms with Crippen LogP contribution in [0.5, 0.6) is 11.5 Å². The lowest BCUT2D eigenvalue weighted by Crippen LogP contribution is -2.29. The van der Waals surface area contributed by atoms with Crippen molar-refractivity contribution in [1.82, 2.24) is 4.90 Å². The van der Waals surface area contributed by atoms with Gasteiger partial charge in [0.15, 0.2) is 11.5 Å². The molecule has 1 aliphatic heterocycles. The molecular formula is C23H23FN2O4S2. The van der Waals surface area contributed by atoms with Gasteiger partial charge in [0.2, 0.25) is 5.91 Å². The summed E-state index contributed by atoms with van der Waals surface area (Å²) in [4.78, 5) is 26.8. The number of carbonyl (C=O) groups excluding carboxylic acids is 2. The van der Waals surface area contributed by atoms with Gasteiger partial charge in [-0.3, -0.25) is 14.5 Å². The number of amides is 2. The van der Waals surface area contributed by atoms with E-state index in [0.29, 0.717) is 40.0 Å². The van der Waals surface area contributed by atoms with E-state index in [9.17, 15) is 19.1 Å². The van der Waals surface area contributed by atoms with E-state index in [1.165, 1.54) is 49.2 Å². The number of thiocarbonyl (C=S) groups is 1. The smallest absolute Gasteiger partial charge is 0.266 e. The predicted octanol–water partition coefficient (Wildman–Crippen LogP) is 4.94. The van der Waals surface area contributed by atoms with Gasteiger partial charge in [-0.15, -0.1) is 0 Å². The van der Waals surface area contributed by atoms with Crippen molar-refractivity contribution in [2.45, 2.75) is 25.7 Å². The maximum Gasteiger partial charge on any atom is 0.266 e. The molecule has 0 aliphatic carbocycles. The van der Waals surface area contributed by atoms with Gasteiger partial charge in [-0.05, 0) is 60.9 Å². The first-order valence-corrected chi connectivity index (χ1v) is 11.3. The van der Waals surface area contributed by atoms with E-state index in [1.807, 2.05) is 0 Å². The fourth-order valence-electron chi connectivity index (χ4n) is 3.12. The summed E-state index contributed by atoms with van der Waals surface area (Å²) >= 11 is 6.59. The van der Waals surface area contributed by atoms with E-state index in [0.717, 1.165) is 18.4 Å². The summed E-state index contributed by atoms with van der Waals surface area (Å²) in [5.74, 6) is -0.270. The van der Waals surface area contributed by atoms with Crippen LogP contribution in [0.1, 0.15) is 31.2 Å². The molecule has 9 heteroatoms. The standard InChI is InChI=1S/C23H23FN2O4S2/c1-30-19-13-15(6-11-18(19)27)14-20-22(29)26(23(31)32-20)12-4-2-3-5-21(28)25-17-9-7-16(24)8-10-17/h6-11,13-14,27H,2-5,12H2,1H3,(H,25,28)/b20-14-. The van der Waals surface area contributed by atoms with Crippen LogP contribution in [-0.2, 0) is 9.59 Å². The van der Waals surface area contributed by atoms with Crippen LogP contribution in [-0.4, -0.2) is 39.8 Å². The van der Waals surface area contributed by atoms with Crippen LogP contribution in [0, 0.1) is 5.82 Å². The van der Waals surface area contributed by atoms with Gasteiger partial charge in [0, 0.05) is 18.7 Å². The van der Waals surface area contributed by atoms with Crippen molar-refractivity contribution in [3.8, 4) is 11.5 Å². The van der Waals surface area contributed by atoms with Crippen molar-refractivity contribution in [2.75, 3.05) is 19.0 Å². The summed E-state index contributed by atoms with van der Waals surface area (Å²) in [6.07, 6.45) is 4.23. The molecule has 2 N–H and O–H groups in total. The predicted molar refractivity (Wildman–Crippen MR) is 128 cm³/mol. The maximum absolute atomic E-state index is 12.9. The normalized spacial score (nSPS) is 14.8. The largest absolute Gasteiger partial charge is 0.504 e. The Morgan fingerprint density at radius 3 is 2.69 bits per heavy atom. The molecule has 3 rings (SSSR count). The first kappa shape index (κ1) is 23.7. The summed E-state index contributed by atoms with van der Waals surface area (Å²) in [5, 5.41) is 12.4. The maximum atomic E-state index is 12.9. The molecule has 0 radical (unpaired) electrons. The van der Waals surface area contributed by atoms with Crippen molar-refractivity contribution in [2.24, 2.45) is 0 Å². The van der Waals surface area contributed by atoms with Crippen LogP contribution < -0.4 is 10.1 Å². The zero-order chi connectivity index (χ0) is 23.1. The first-order chi connectivity index (χ1) is 15.4. The minimum absolute atomic E-state index is 0.0311. The summed E-state index contributed by atoms with van der Waals surface area (Å²) in [5.41, 5.74) is 1.29. The molecule has 0 atom stereocenters. The molecule has 6 nitrogen and oxygen atoms in total. The summed E-state index contributed by atoms with van der Waals surface area (Å²) in [6.45, 7) is 0.487. The molecule has 168 valence electrons. The van der Waals surface area contributed by atoms with Gasteiger partial charge in [0.05, 0.1) is 12.0 Å². The summed E-state index contributed by atoms with van der Waals surface area (Å²) < 4.78 is 18.5. The molecule has 0 aromatic heterocycles. The molecule has 1 aliphatic rings. The van der Waals surface area contributed by atoms with Gasteiger partial charge in [0.1, 0.15) is 10.1 Å². The number of phenols is 1. The third-order valence-corrected chi connectivity index (χ3v) is 6.17. The molecule has 2 amide bonds. The van der Waals surface area contributed by atoms with Gasteiger partial charge in [-0.25, -0.2) is 4.39 Å². The number of hydrogen-bond donors (Lipinski definition) is 2. The number of halogens is 1. The number of aromatic hydroxyl groups is 1. The van der Waals surface area contributed by atoms with E-state index in [-0.39, 0.29) is 23.4 Å². The molecule has 1 fully saturated rings. The van der Waals surface area contributed by atoms with Crippen LogP contribution in [0.25, 0.3) is 6.08 Å². The van der Waals surface area contributed by atoms with Crippen LogP contribution in [0.3, 0.4) is 0 Å². The molecule has 2 aromatic rings. The Balaban J connectivity index is 1.44. The highest BCUT2D eigenvalue weighted by atomic mass is 32.2. The number of anilines is 1. The SMILES string of the molecule is COc1cc(/C=C2\SC(=S)N(CCCCCC(=O)Nc3ccc(F)cc3)C2=O)ccc1O. The fourth-order valence-corrected chi connectivity index (χ4v) is 4.43. The van der Waals surface area contributed by atoms with Crippen LogP contribution in [0.4, 0.5) is 10.1 Å². The average molecular weight is 475 g/mol. The topological polar surface area (TPSA) is 78.9 Å². The van der Waals surface area contributed by atoms with Crippen molar-refractivity contribution < 1.29 is 23.8 Å². The van der Waals surface area contributed by atoms with E-state index >= 15 is 0 Å². The van der Waals surface area contributed by atoms with Gasteiger partial charge in [-0.1, -0.05) is 36.5 Å². The highest BCUT2D eigenvalue weighted by Gasteiger charge is 2.31. The van der Waals surface area contributed by atoms with Crippen molar-refractivity contribution >= 4 is 51.9 Å². The number of benzene rings is 2. The lowest BCUT2D eigenvalue weighted by atomic mass is 10.1. The van der Waals surface area contributed by atoms with Crippen LogP contribution >= 0.6 is 24.0 Å².